The van der Waals surface area contributed by atoms with Gasteiger partial charge in [0, 0.05) is 6.61 Å². The minimum atomic E-state index is 0.250. The second-order valence-electron chi connectivity index (χ2n) is 2.78. The average Bonchev–Trinajstić information content (AvgIpc) is 2.44. The van der Waals surface area contributed by atoms with Crippen molar-refractivity contribution < 1.29 is 10.2 Å². The van der Waals surface area contributed by atoms with Gasteiger partial charge in [-0.2, -0.15) is 0 Å². The van der Waals surface area contributed by atoms with Crippen LogP contribution in [0.2, 0.25) is 0 Å². The molecule has 66 valence electrons. The highest BCUT2D eigenvalue weighted by atomic mass is 16.3. The molecule has 2 N–H and O–H groups in total. The van der Waals surface area contributed by atoms with E-state index >= 15 is 0 Å². The van der Waals surface area contributed by atoms with Crippen LogP contribution in [0.5, 0.6) is 5.75 Å². The van der Waals surface area contributed by atoms with Crippen LogP contribution in [0.3, 0.4) is 0 Å². The minimum Gasteiger partial charge on any atom is -0.508 e. The van der Waals surface area contributed by atoms with Crippen LogP contribution in [0, 0.1) is 0 Å². The van der Waals surface area contributed by atoms with Crippen molar-refractivity contribution in [2.75, 3.05) is 6.61 Å². The Bertz CT molecular complexity index is 256. The molecular formula is C10H14O2. The Kier molecular flexibility index (Phi) is 3.11. The molecule has 12 heavy (non-hydrogen) atoms. The summed E-state index contributed by atoms with van der Waals surface area (Å²) in [5, 5.41) is 16.7. The van der Waals surface area contributed by atoms with E-state index in [2.05, 4.69) is 6.07 Å². The molecule has 1 aliphatic carbocycles. The van der Waals surface area contributed by atoms with Gasteiger partial charge in [0.2, 0.25) is 0 Å². The minimum absolute atomic E-state index is 0.250. The molecule has 0 aromatic heterocycles. The number of aromatic hydroxyl groups is 1. The molecule has 0 saturated carbocycles. The zero-order chi connectivity index (χ0) is 8.97. The predicted octanol–water partition coefficient (Wildman–Crippen LogP) is 1.49. The van der Waals surface area contributed by atoms with Gasteiger partial charge in [0.1, 0.15) is 5.75 Å². The number of aliphatic hydroxyl groups is 1. The van der Waals surface area contributed by atoms with Crippen LogP contribution in [-0.4, -0.2) is 16.8 Å². The Morgan fingerprint density at radius 2 is 2.00 bits per heavy atom. The van der Waals surface area contributed by atoms with Crippen molar-refractivity contribution >= 4 is 0 Å². The lowest BCUT2D eigenvalue weighted by atomic mass is 10.2. The quantitative estimate of drug-likeness (QED) is 0.613. The highest BCUT2D eigenvalue weighted by Gasteiger charge is 2.09. The lowest BCUT2D eigenvalue weighted by molar-refractivity contribution is 0.318. The summed E-state index contributed by atoms with van der Waals surface area (Å²) in [4.78, 5) is 0. The molecule has 1 aromatic carbocycles. The van der Waals surface area contributed by atoms with Crippen LogP contribution in [0.1, 0.15) is 18.1 Å². The highest BCUT2D eigenvalue weighted by molar-refractivity contribution is 5.40. The van der Waals surface area contributed by atoms with E-state index < -0.39 is 0 Å². The number of benzene rings is 1. The largest absolute Gasteiger partial charge is 0.508 e. The molecule has 0 fully saturated rings. The Balaban J connectivity index is 0.000000213. The number of hydrogen-bond donors (Lipinski definition) is 2. The number of rotatable bonds is 0. The van der Waals surface area contributed by atoms with E-state index in [1.807, 2.05) is 6.07 Å². The van der Waals surface area contributed by atoms with Crippen LogP contribution >= 0.6 is 0 Å². The fourth-order valence-corrected chi connectivity index (χ4v) is 1.27. The first-order valence-corrected chi connectivity index (χ1v) is 4.19. The van der Waals surface area contributed by atoms with Gasteiger partial charge in [-0.3, -0.25) is 0 Å². The smallest absolute Gasteiger partial charge is 0.118 e. The first-order chi connectivity index (χ1) is 5.77. The number of aryl methyl sites for hydroxylation is 2. The van der Waals surface area contributed by atoms with Crippen LogP contribution in [0.25, 0.3) is 0 Å². The van der Waals surface area contributed by atoms with Crippen LogP contribution in [-0.2, 0) is 12.8 Å². The molecule has 1 aromatic rings. The van der Waals surface area contributed by atoms with Gasteiger partial charge in [-0.1, -0.05) is 12.1 Å². The van der Waals surface area contributed by atoms with E-state index in [-0.39, 0.29) is 6.61 Å². The van der Waals surface area contributed by atoms with Gasteiger partial charge in [0.05, 0.1) is 0 Å². The number of phenolic OH excluding ortho intramolecular Hbond substituents is 1. The number of phenols is 1. The summed E-state index contributed by atoms with van der Waals surface area (Å²) in [5.74, 6) is 0.455. The molecule has 1 aliphatic rings. The van der Waals surface area contributed by atoms with Gasteiger partial charge in [0.25, 0.3) is 0 Å². The zero-order valence-electron chi connectivity index (χ0n) is 7.25. The number of aliphatic hydroxyl groups excluding tert-OH is 1. The molecule has 2 rings (SSSR count). The maximum Gasteiger partial charge on any atom is 0.118 e. The van der Waals surface area contributed by atoms with Crippen LogP contribution < -0.4 is 0 Å². The second kappa shape index (κ2) is 4.12. The monoisotopic (exact) mass is 166 g/mol. The van der Waals surface area contributed by atoms with E-state index in [1.54, 1.807) is 13.0 Å². The molecule has 0 atom stereocenters. The first-order valence-electron chi connectivity index (χ1n) is 4.19. The molecule has 2 nitrogen and oxygen atoms in total. The zero-order valence-corrected chi connectivity index (χ0v) is 7.25. The first kappa shape index (κ1) is 9.07. The number of fused-ring (bicyclic) bond motifs is 2. The van der Waals surface area contributed by atoms with Crippen molar-refractivity contribution in [1.29, 1.82) is 0 Å². The van der Waals surface area contributed by atoms with Crippen molar-refractivity contribution in [3.8, 4) is 5.75 Å². The molecule has 0 spiro atoms. The van der Waals surface area contributed by atoms with Crippen molar-refractivity contribution in [2.24, 2.45) is 0 Å². The Morgan fingerprint density at radius 3 is 2.58 bits per heavy atom. The number of hydrogen-bond acceptors (Lipinski definition) is 2. The van der Waals surface area contributed by atoms with Gasteiger partial charge < -0.3 is 10.2 Å². The molecular weight excluding hydrogens is 152 g/mol. The van der Waals surface area contributed by atoms with E-state index in [9.17, 15) is 0 Å². The molecule has 2 bridgehead atoms. The van der Waals surface area contributed by atoms with Crippen molar-refractivity contribution in [3.63, 3.8) is 0 Å². The average molecular weight is 166 g/mol. The Morgan fingerprint density at radius 1 is 1.33 bits per heavy atom. The fraction of sp³-hybridized carbons (Fsp3) is 0.400. The summed E-state index contributed by atoms with van der Waals surface area (Å²) in [6, 6.07) is 5.82. The maximum absolute atomic E-state index is 9.14. The SMILES string of the molecule is CCO.Oc1ccc2cc1CC2. The van der Waals surface area contributed by atoms with E-state index in [1.165, 1.54) is 5.56 Å². The molecule has 0 aliphatic heterocycles. The standard InChI is InChI=1S/C8H8O.C2H6O/c9-8-4-2-6-1-3-7(8)5-6;1-2-3/h2,4-5,9H,1,3H2;3H,2H2,1H3. The molecule has 0 heterocycles. The van der Waals surface area contributed by atoms with Crippen LogP contribution in [0.4, 0.5) is 0 Å². The highest BCUT2D eigenvalue weighted by Crippen LogP contribution is 2.25. The molecule has 2 heteroatoms. The van der Waals surface area contributed by atoms with E-state index in [0.717, 1.165) is 18.4 Å². The summed E-state index contributed by atoms with van der Waals surface area (Å²) < 4.78 is 0. The van der Waals surface area contributed by atoms with Crippen molar-refractivity contribution in [3.05, 3.63) is 29.3 Å². The van der Waals surface area contributed by atoms with Gasteiger partial charge in [-0.25, -0.2) is 0 Å². The van der Waals surface area contributed by atoms with Gasteiger partial charge in [0.15, 0.2) is 0 Å². The fourth-order valence-electron chi connectivity index (χ4n) is 1.27. The lowest BCUT2D eigenvalue weighted by Crippen LogP contribution is -1.74. The van der Waals surface area contributed by atoms with Gasteiger partial charge >= 0.3 is 0 Å². The van der Waals surface area contributed by atoms with E-state index in [0.29, 0.717) is 5.75 Å². The summed E-state index contributed by atoms with van der Waals surface area (Å²) in [6.45, 7) is 1.93. The van der Waals surface area contributed by atoms with Gasteiger partial charge in [-0.15, -0.1) is 0 Å². The topological polar surface area (TPSA) is 40.5 Å². The van der Waals surface area contributed by atoms with E-state index in [4.69, 9.17) is 10.2 Å². The Hall–Kier alpha value is -1.02. The molecule has 0 amide bonds. The third-order valence-corrected chi connectivity index (χ3v) is 1.83. The predicted molar refractivity (Wildman–Crippen MR) is 48.3 cm³/mol. The van der Waals surface area contributed by atoms with Crippen LogP contribution in [0.15, 0.2) is 18.2 Å². The summed E-state index contributed by atoms with van der Waals surface area (Å²) >= 11 is 0. The Labute approximate surface area is 72.5 Å². The lowest BCUT2D eigenvalue weighted by Gasteiger charge is -1.91. The third-order valence-electron chi connectivity index (χ3n) is 1.83. The molecule has 0 unspecified atom stereocenters. The van der Waals surface area contributed by atoms with Gasteiger partial charge in [-0.05, 0) is 37.0 Å². The van der Waals surface area contributed by atoms with Crippen molar-refractivity contribution in [2.45, 2.75) is 19.8 Å². The summed E-state index contributed by atoms with van der Waals surface area (Å²) in [7, 11) is 0. The maximum atomic E-state index is 9.14. The van der Waals surface area contributed by atoms with Crippen molar-refractivity contribution in [1.82, 2.24) is 0 Å². The summed E-state index contributed by atoms with van der Waals surface area (Å²) in [6.07, 6.45) is 2.13. The third kappa shape index (κ3) is 1.98. The summed E-state index contributed by atoms with van der Waals surface area (Å²) in [5.41, 5.74) is 2.45. The molecule has 0 radical (unpaired) electrons. The second-order valence-corrected chi connectivity index (χ2v) is 2.78. The normalized spacial score (nSPS) is 12.2. The molecule has 0 saturated heterocycles.